The summed E-state index contributed by atoms with van der Waals surface area (Å²) in [6.45, 7) is 8.01. The molecule has 2 aliphatic rings. The molecule has 0 aromatic rings. The molecule has 0 spiro atoms. The highest BCUT2D eigenvalue weighted by atomic mass is 15.2. The number of hydrogen-bond donors (Lipinski definition) is 2. The standard InChI is InChI=1S/C13H27N3/c1-10(2)16-7-6-11(9-16)13(14)8-15-12-4-3-5-12/h10-13,15H,3-9,14H2,1-2H3. The fourth-order valence-corrected chi connectivity index (χ4v) is 2.72. The molecule has 16 heavy (non-hydrogen) atoms. The molecule has 1 heterocycles. The zero-order chi connectivity index (χ0) is 11.5. The number of likely N-dealkylation sites (tertiary alicyclic amines) is 1. The second-order valence-corrected chi connectivity index (χ2v) is 5.84. The molecule has 2 fully saturated rings. The summed E-state index contributed by atoms with van der Waals surface area (Å²) in [7, 11) is 0. The Labute approximate surface area is 99.8 Å². The number of nitrogens with one attached hydrogen (secondary N) is 1. The molecule has 2 rings (SSSR count). The monoisotopic (exact) mass is 225 g/mol. The molecule has 94 valence electrons. The largest absolute Gasteiger partial charge is 0.326 e. The SMILES string of the molecule is CC(C)N1CCC(C(N)CNC2CCC2)C1. The van der Waals surface area contributed by atoms with Crippen LogP contribution in [0.15, 0.2) is 0 Å². The van der Waals surface area contributed by atoms with E-state index < -0.39 is 0 Å². The molecule has 3 heteroatoms. The number of nitrogens with zero attached hydrogens (tertiary/aromatic N) is 1. The second-order valence-electron chi connectivity index (χ2n) is 5.84. The summed E-state index contributed by atoms with van der Waals surface area (Å²) in [5.74, 6) is 0.704. The second kappa shape index (κ2) is 5.48. The van der Waals surface area contributed by atoms with Gasteiger partial charge in [0.2, 0.25) is 0 Å². The van der Waals surface area contributed by atoms with Gasteiger partial charge < -0.3 is 16.0 Å². The fraction of sp³-hybridized carbons (Fsp3) is 1.00. The van der Waals surface area contributed by atoms with Crippen molar-refractivity contribution in [1.29, 1.82) is 0 Å². The van der Waals surface area contributed by atoms with E-state index >= 15 is 0 Å². The molecule has 1 aliphatic heterocycles. The minimum Gasteiger partial charge on any atom is -0.326 e. The van der Waals surface area contributed by atoms with Gasteiger partial charge in [-0.25, -0.2) is 0 Å². The molecule has 3 nitrogen and oxygen atoms in total. The highest BCUT2D eigenvalue weighted by molar-refractivity contribution is 4.87. The van der Waals surface area contributed by atoms with Gasteiger partial charge in [0.05, 0.1) is 0 Å². The highest BCUT2D eigenvalue weighted by Crippen LogP contribution is 2.22. The first kappa shape index (κ1) is 12.3. The minimum atomic E-state index is 0.351. The van der Waals surface area contributed by atoms with Gasteiger partial charge in [0.15, 0.2) is 0 Å². The van der Waals surface area contributed by atoms with Gasteiger partial charge in [-0.3, -0.25) is 0 Å². The maximum absolute atomic E-state index is 6.28. The summed E-state index contributed by atoms with van der Waals surface area (Å²) in [5, 5.41) is 3.60. The van der Waals surface area contributed by atoms with E-state index in [4.69, 9.17) is 5.73 Å². The number of nitrogens with two attached hydrogens (primary N) is 1. The maximum atomic E-state index is 6.28. The molecule has 0 aromatic heterocycles. The van der Waals surface area contributed by atoms with E-state index in [-0.39, 0.29) is 0 Å². The first-order valence-corrected chi connectivity index (χ1v) is 6.90. The molecule has 0 aromatic carbocycles. The molecule has 0 radical (unpaired) electrons. The summed E-state index contributed by atoms with van der Waals surface area (Å²) >= 11 is 0. The third-order valence-electron chi connectivity index (χ3n) is 4.34. The molecular weight excluding hydrogens is 198 g/mol. The fourth-order valence-electron chi connectivity index (χ4n) is 2.72. The van der Waals surface area contributed by atoms with Crippen molar-refractivity contribution in [2.24, 2.45) is 11.7 Å². The predicted octanol–water partition coefficient (Wildman–Crippen LogP) is 1.19. The van der Waals surface area contributed by atoms with Crippen LogP contribution in [0.5, 0.6) is 0 Å². The van der Waals surface area contributed by atoms with Gasteiger partial charge in [-0.1, -0.05) is 6.42 Å². The van der Waals surface area contributed by atoms with E-state index in [2.05, 4.69) is 24.1 Å². The lowest BCUT2D eigenvalue weighted by molar-refractivity contribution is 0.253. The molecule has 3 N–H and O–H groups in total. The Morgan fingerprint density at radius 2 is 2.06 bits per heavy atom. The zero-order valence-corrected chi connectivity index (χ0v) is 10.8. The lowest BCUT2D eigenvalue weighted by Crippen LogP contribution is -2.46. The van der Waals surface area contributed by atoms with E-state index in [1.54, 1.807) is 0 Å². The van der Waals surface area contributed by atoms with Gasteiger partial charge in [0, 0.05) is 31.2 Å². The Morgan fingerprint density at radius 3 is 2.56 bits per heavy atom. The van der Waals surface area contributed by atoms with Crippen LogP contribution in [0.3, 0.4) is 0 Å². The summed E-state index contributed by atoms with van der Waals surface area (Å²) in [6.07, 6.45) is 5.40. The van der Waals surface area contributed by atoms with Gasteiger partial charge in [0.1, 0.15) is 0 Å². The van der Waals surface area contributed by atoms with E-state index in [1.807, 2.05) is 0 Å². The van der Waals surface area contributed by atoms with Crippen LogP contribution in [0, 0.1) is 5.92 Å². The van der Waals surface area contributed by atoms with Crippen molar-refractivity contribution in [3.8, 4) is 0 Å². The quantitative estimate of drug-likeness (QED) is 0.738. The van der Waals surface area contributed by atoms with Gasteiger partial charge >= 0.3 is 0 Å². The van der Waals surface area contributed by atoms with Gasteiger partial charge in [-0.2, -0.15) is 0 Å². The van der Waals surface area contributed by atoms with Crippen molar-refractivity contribution < 1.29 is 0 Å². The molecule has 0 bridgehead atoms. The van der Waals surface area contributed by atoms with Crippen molar-refractivity contribution >= 4 is 0 Å². The van der Waals surface area contributed by atoms with Crippen LogP contribution in [0.2, 0.25) is 0 Å². The predicted molar refractivity (Wildman–Crippen MR) is 68.4 cm³/mol. The Bertz CT molecular complexity index is 213. The smallest absolute Gasteiger partial charge is 0.0206 e. The lowest BCUT2D eigenvalue weighted by atomic mass is 9.92. The summed E-state index contributed by atoms with van der Waals surface area (Å²) in [5.41, 5.74) is 6.28. The van der Waals surface area contributed by atoms with Crippen LogP contribution >= 0.6 is 0 Å². The zero-order valence-electron chi connectivity index (χ0n) is 10.8. The average Bonchev–Trinajstić information content (AvgIpc) is 2.63. The summed E-state index contributed by atoms with van der Waals surface area (Å²) in [4.78, 5) is 2.55. The molecular formula is C13H27N3. The number of hydrogen-bond acceptors (Lipinski definition) is 3. The Morgan fingerprint density at radius 1 is 1.31 bits per heavy atom. The van der Waals surface area contributed by atoms with Gasteiger partial charge in [-0.05, 0) is 45.6 Å². The van der Waals surface area contributed by atoms with E-state index in [0.717, 1.165) is 12.6 Å². The molecule has 1 saturated carbocycles. The first-order valence-electron chi connectivity index (χ1n) is 6.90. The molecule has 1 aliphatic carbocycles. The van der Waals surface area contributed by atoms with Gasteiger partial charge in [0.25, 0.3) is 0 Å². The summed E-state index contributed by atoms with van der Waals surface area (Å²) in [6, 6.07) is 1.80. The summed E-state index contributed by atoms with van der Waals surface area (Å²) < 4.78 is 0. The number of rotatable bonds is 5. The van der Waals surface area contributed by atoms with Crippen LogP contribution in [0.1, 0.15) is 39.5 Å². The van der Waals surface area contributed by atoms with Crippen LogP contribution < -0.4 is 11.1 Å². The molecule has 0 amide bonds. The Balaban J connectivity index is 1.67. The van der Waals surface area contributed by atoms with E-state index in [9.17, 15) is 0 Å². The molecule has 2 unspecified atom stereocenters. The van der Waals surface area contributed by atoms with Gasteiger partial charge in [-0.15, -0.1) is 0 Å². The Hall–Kier alpha value is -0.120. The van der Waals surface area contributed by atoms with Crippen molar-refractivity contribution in [2.75, 3.05) is 19.6 Å². The van der Waals surface area contributed by atoms with Crippen molar-refractivity contribution in [1.82, 2.24) is 10.2 Å². The minimum absolute atomic E-state index is 0.351. The van der Waals surface area contributed by atoms with Crippen molar-refractivity contribution in [3.05, 3.63) is 0 Å². The van der Waals surface area contributed by atoms with Crippen LogP contribution in [0.25, 0.3) is 0 Å². The maximum Gasteiger partial charge on any atom is 0.0206 e. The van der Waals surface area contributed by atoms with Crippen molar-refractivity contribution in [2.45, 2.75) is 57.7 Å². The highest BCUT2D eigenvalue weighted by Gasteiger charge is 2.29. The molecule has 1 saturated heterocycles. The molecule has 2 atom stereocenters. The van der Waals surface area contributed by atoms with Crippen LogP contribution in [-0.4, -0.2) is 42.7 Å². The van der Waals surface area contributed by atoms with E-state index in [1.165, 1.54) is 38.8 Å². The van der Waals surface area contributed by atoms with Crippen molar-refractivity contribution in [3.63, 3.8) is 0 Å². The Kier molecular flexibility index (Phi) is 4.22. The third-order valence-corrected chi connectivity index (χ3v) is 4.34. The topological polar surface area (TPSA) is 41.3 Å². The van der Waals surface area contributed by atoms with Crippen LogP contribution in [0.4, 0.5) is 0 Å². The lowest BCUT2D eigenvalue weighted by Gasteiger charge is -2.29. The first-order chi connectivity index (χ1) is 7.66. The third kappa shape index (κ3) is 2.96. The van der Waals surface area contributed by atoms with Crippen LogP contribution in [-0.2, 0) is 0 Å². The normalized spacial score (nSPS) is 29.6. The van der Waals surface area contributed by atoms with E-state index in [0.29, 0.717) is 18.0 Å². The average molecular weight is 225 g/mol.